The van der Waals surface area contributed by atoms with E-state index in [1.165, 1.54) is 4.88 Å². The third-order valence-electron chi connectivity index (χ3n) is 4.11. The fourth-order valence-electron chi connectivity index (χ4n) is 3.10. The number of likely N-dealkylation sites (tertiary alicyclic amines) is 1. The maximum Gasteiger partial charge on any atom is 0.264 e. The van der Waals surface area contributed by atoms with Gasteiger partial charge in [0.2, 0.25) is 0 Å². The third kappa shape index (κ3) is 3.62. The van der Waals surface area contributed by atoms with E-state index in [0.29, 0.717) is 0 Å². The zero-order valence-electron chi connectivity index (χ0n) is 14.0. The number of hydrogen-bond donors (Lipinski definition) is 0. The van der Waals surface area contributed by atoms with E-state index in [9.17, 15) is 4.79 Å². The second-order valence-electron chi connectivity index (χ2n) is 6.36. The molecule has 0 radical (unpaired) electrons. The van der Waals surface area contributed by atoms with E-state index in [0.717, 1.165) is 42.2 Å². The Morgan fingerprint density at radius 2 is 2.17 bits per heavy atom. The molecule has 23 heavy (non-hydrogen) atoms. The van der Waals surface area contributed by atoms with Crippen LogP contribution in [0.1, 0.15) is 44.8 Å². The number of amides is 1. The molecule has 1 aliphatic rings. The monoisotopic (exact) mass is 329 g/mol. The second kappa shape index (κ2) is 6.81. The molecule has 3 heterocycles. The molecule has 122 valence electrons. The first-order valence-electron chi connectivity index (χ1n) is 8.02. The van der Waals surface area contributed by atoms with E-state index < -0.39 is 0 Å². The molecule has 3 rings (SSSR count). The molecule has 1 fully saturated rings. The molecule has 0 aromatic carbocycles. The summed E-state index contributed by atoms with van der Waals surface area (Å²) in [6, 6.07) is 10.2. The lowest BCUT2D eigenvalue weighted by molar-refractivity contribution is 0.0737. The molecule has 1 unspecified atom stereocenters. The number of pyridine rings is 1. The highest BCUT2D eigenvalue weighted by Gasteiger charge is 2.32. The van der Waals surface area contributed by atoms with Gasteiger partial charge in [-0.1, -0.05) is 6.07 Å². The molecule has 5 heteroatoms. The Kier molecular flexibility index (Phi) is 4.78. The van der Waals surface area contributed by atoms with Crippen LogP contribution < -0.4 is 0 Å². The smallest absolute Gasteiger partial charge is 0.264 e. The van der Waals surface area contributed by atoms with Crippen LogP contribution in [0.5, 0.6) is 0 Å². The van der Waals surface area contributed by atoms with Crippen molar-refractivity contribution in [1.82, 2.24) is 14.8 Å². The quantitative estimate of drug-likeness (QED) is 0.861. The first-order chi connectivity index (χ1) is 11.0. The summed E-state index contributed by atoms with van der Waals surface area (Å²) in [5.41, 5.74) is 2.07. The number of carbonyl (C=O) groups excluding carboxylic acids is 1. The molecular formula is C18H23N3OS. The lowest BCUT2D eigenvalue weighted by Crippen LogP contribution is -2.30. The third-order valence-corrected chi connectivity index (χ3v) is 5.10. The molecule has 1 saturated heterocycles. The molecular weight excluding hydrogens is 306 g/mol. The van der Waals surface area contributed by atoms with Gasteiger partial charge in [-0.15, -0.1) is 11.3 Å². The molecule has 2 aromatic heterocycles. The normalized spacial score (nSPS) is 17.9. The Morgan fingerprint density at radius 1 is 1.35 bits per heavy atom. The molecule has 0 spiro atoms. The molecule has 1 amide bonds. The minimum atomic E-state index is 0.104. The van der Waals surface area contributed by atoms with Gasteiger partial charge < -0.3 is 9.80 Å². The fraction of sp³-hybridized carbons (Fsp3) is 0.444. The van der Waals surface area contributed by atoms with E-state index in [-0.39, 0.29) is 11.9 Å². The summed E-state index contributed by atoms with van der Waals surface area (Å²) in [5, 5.41) is 0. The highest BCUT2D eigenvalue weighted by molar-refractivity contribution is 7.13. The Hall–Kier alpha value is -1.72. The fourth-order valence-corrected chi connectivity index (χ4v) is 3.93. The van der Waals surface area contributed by atoms with Gasteiger partial charge in [-0.3, -0.25) is 9.78 Å². The summed E-state index contributed by atoms with van der Waals surface area (Å²) in [7, 11) is 4.08. The molecule has 0 aliphatic carbocycles. The van der Waals surface area contributed by atoms with Gasteiger partial charge in [-0.25, -0.2) is 0 Å². The van der Waals surface area contributed by atoms with Gasteiger partial charge in [0.15, 0.2) is 0 Å². The van der Waals surface area contributed by atoms with Crippen molar-refractivity contribution in [2.75, 3.05) is 20.6 Å². The second-order valence-corrected chi connectivity index (χ2v) is 7.65. The van der Waals surface area contributed by atoms with Gasteiger partial charge in [-0.2, -0.15) is 0 Å². The summed E-state index contributed by atoms with van der Waals surface area (Å²) in [5.74, 6) is 0.144. The highest BCUT2D eigenvalue weighted by Crippen LogP contribution is 2.33. The predicted molar refractivity (Wildman–Crippen MR) is 93.7 cm³/mol. The number of hydrogen-bond acceptors (Lipinski definition) is 4. The summed E-state index contributed by atoms with van der Waals surface area (Å²) in [6.45, 7) is 3.67. The summed E-state index contributed by atoms with van der Waals surface area (Å²) >= 11 is 1.57. The van der Waals surface area contributed by atoms with Crippen molar-refractivity contribution < 1.29 is 4.79 Å². The summed E-state index contributed by atoms with van der Waals surface area (Å²) in [4.78, 5) is 23.7. The molecule has 2 aromatic rings. The Morgan fingerprint density at radius 3 is 2.87 bits per heavy atom. The summed E-state index contributed by atoms with van der Waals surface area (Å²) < 4.78 is 0. The highest BCUT2D eigenvalue weighted by atomic mass is 32.1. The largest absolute Gasteiger partial charge is 0.329 e. The average Bonchev–Trinajstić information content (AvgIpc) is 3.15. The number of nitrogens with zero attached hydrogens (tertiary/aromatic N) is 3. The van der Waals surface area contributed by atoms with Crippen molar-refractivity contribution in [1.29, 1.82) is 0 Å². The van der Waals surface area contributed by atoms with Crippen molar-refractivity contribution >= 4 is 17.2 Å². The number of aryl methyl sites for hydroxylation is 1. The van der Waals surface area contributed by atoms with Gasteiger partial charge in [0.05, 0.1) is 22.3 Å². The molecule has 0 N–H and O–H groups in total. The minimum Gasteiger partial charge on any atom is -0.329 e. The van der Waals surface area contributed by atoms with Crippen LogP contribution >= 0.6 is 11.3 Å². The topological polar surface area (TPSA) is 36.4 Å². The number of aromatic nitrogens is 1. The standard InChI is InChI=1S/C18H23N3OS/c1-13-9-10-17(23-13)18(22)21-11-5-8-16(21)15-7-4-6-14(19-15)12-20(2)3/h4,6-7,9-10,16H,5,8,11-12H2,1-3H3. The molecule has 1 atom stereocenters. The first kappa shape index (κ1) is 16.1. The zero-order valence-corrected chi connectivity index (χ0v) is 14.8. The van der Waals surface area contributed by atoms with E-state index in [1.54, 1.807) is 11.3 Å². The van der Waals surface area contributed by atoms with Crippen LogP contribution in [-0.2, 0) is 6.54 Å². The van der Waals surface area contributed by atoms with Crippen molar-refractivity contribution in [2.45, 2.75) is 32.4 Å². The van der Waals surface area contributed by atoms with Crippen molar-refractivity contribution in [3.05, 3.63) is 51.5 Å². The van der Waals surface area contributed by atoms with Crippen LogP contribution in [0.15, 0.2) is 30.3 Å². The van der Waals surface area contributed by atoms with Gasteiger partial charge >= 0.3 is 0 Å². The molecule has 0 saturated carbocycles. The van der Waals surface area contributed by atoms with Crippen LogP contribution in [-0.4, -0.2) is 41.3 Å². The number of rotatable bonds is 4. The van der Waals surface area contributed by atoms with Crippen LogP contribution in [0.2, 0.25) is 0 Å². The van der Waals surface area contributed by atoms with Gasteiger partial charge in [0.1, 0.15) is 0 Å². The number of carbonyl (C=O) groups is 1. The minimum absolute atomic E-state index is 0.104. The Labute approximate surface area is 141 Å². The summed E-state index contributed by atoms with van der Waals surface area (Å²) in [6.07, 6.45) is 2.04. The lowest BCUT2D eigenvalue weighted by atomic mass is 10.1. The molecule has 4 nitrogen and oxygen atoms in total. The average molecular weight is 329 g/mol. The van der Waals surface area contributed by atoms with Gasteiger partial charge in [-0.05, 0) is 58.1 Å². The van der Waals surface area contributed by atoms with E-state index >= 15 is 0 Å². The first-order valence-corrected chi connectivity index (χ1v) is 8.84. The van der Waals surface area contributed by atoms with E-state index in [4.69, 9.17) is 4.98 Å². The number of thiophene rings is 1. The predicted octanol–water partition coefficient (Wildman–Crippen LogP) is 3.49. The van der Waals surface area contributed by atoms with Crippen molar-refractivity contribution in [3.63, 3.8) is 0 Å². The maximum atomic E-state index is 12.8. The van der Waals surface area contributed by atoms with Crippen LogP contribution in [0.3, 0.4) is 0 Å². The van der Waals surface area contributed by atoms with Crippen LogP contribution in [0, 0.1) is 6.92 Å². The molecule has 1 aliphatic heterocycles. The van der Waals surface area contributed by atoms with Crippen LogP contribution in [0.25, 0.3) is 0 Å². The van der Waals surface area contributed by atoms with Gasteiger partial charge in [0.25, 0.3) is 5.91 Å². The lowest BCUT2D eigenvalue weighted by Gasteiger charge is -2.24. The van der Waals surface area contributed by atoms with Crippen molar-refractivity contribution in [2.24, 2.45) is 0 Å². The van der Waals surface area contributed by atoms with Gasteiger partial charge in [0, 0.05) is 18.0 Å². The zero-order chi connectivity index (χ0) is 16.4. The Balaban J connectivity index is 1.82. The maximum absolute atomic E-state index is 12.8. The molecule has 0 bridgehead atoms. The van der Waals surface area contributed by atoms with Crippen molar-refractivity contribution in [3.8, 4) is 0 Å². The Bertz CT molecular complexity index is 695. The SMILES string of the molecule is Cc1ccc(C(=O)N2CCCC2c2cccc(CN(C)C)n2)s1. The van der Waals surface area contributed by atoms with Crippen LogP contribution in [0.4, 0.5) is 0 Å². The van der Waals surface area contributed by atoms with E-state index in [2.05, 4.69) is 17.0 Å². The van der Waals surface area contributed by atoms with E-state index in [1.807, 2.05) is 44.1 Å².